The summed E-state index contributed by atoms with van der Waals surface area (Å²) < 4.78 is 5.86. The number of nitro benzene ring substituents is 1. The third kappa shape index (κ3) is 7.75. The second kappa shape index (κ2) is 14.7. The normalized spacial score (nSPS) is 16.4. The fourth-order valence-electron chi connectivity index (χ4n) is 6.63. The first-order valence-electron chi connectivity index (χ1n) is 16.9. The molecule has 0 saturated heterocycles. The highest BCUT2D eigenvalue weighted by Gasteiger charge is 2.50. The van der Waals surface area contributed by atoms with Crippen LogP contribution < -0.4 is 5.32 Å². The highest BCUT2D eigenvalue weighted by atomic mass is 16.6. The maximum absolute atomic E-state index is 14.6. The Morgan fingerprint density at radius 1 is 0.863 bits per heavy atom. The van der Waals surface area contributed by atoms with Crippen LogP contribution in [0.1, 0.15) is 54.6 Å². The minimum Gasteiger partial charge on any atom is -0.458 e. The highest BCUT2D eigenvalue weighted by Crippen LogP contribution is 2.39. The number of para-hydroxylation sites is 1. The van der Waals surface area contributed by atoms with E-state index in [1.165, 1.54) is 6.07 Å². The Kier molecular flexibility index (Phi) is 10.1. The van der Waals surface area contributed by atoms with Gasteiger partial charge in [-0.15, -0.1) is 0 Å². The van der Waals surface area contributed by atoms with Crippen LogP contribution in [0.15, 0.2) is 133 Å². The number of amides is 1. The zero-order chi connectivity index (χ0) is 36.2. The molecule has 0 bridgehead atoms. The van der Waals surface area contributed by atoms with Crippen LogP contribution in [0.2, 0.25) is 0 Å². The van der Waals surface area contributed by atoms with Crippen molar-refractivity contribution in [1.82, 2.24) is 10.2 Å². The molecule has 0 spiro atoms. The molecule has 0 saturated carbocycles. The molecule has 0 unspecified atom stereocenters. The summed E-state index contributed by atoms with van der Waals surface area (Å²) in [5, 5.41) is 27.8. The number of ether oxygens (including phenoxy) is 1. The van der Waals surface area contributed by atoms with Gasteiger partial charge in [-0.25, -0.2) is 4.79 Å². The average molecular weight is 684 g/mol. The van der Waals surface area contributed by atoms with E-state index in [9.17, 15) is 24.8 Å². The number of aliphatic hydroxyl groups is 1. The Balaban J connectivity index is 1.37. The van der Waals surface area contributed by atoms with Crippen LogP contribution in [0.25, 0.3) is 11.1 Å². The molecule has 6 rings (SSSR count). The highest BCUT2D eigenvalue weighted by molar-refractivity contribution is 5.85. The SMILES string of the molecule is CC(C)(C)OC(=O)[C@](O)(c1ccccc1)[C@H](N[C@@H]1Cc2ccccc2CN(Cc2ccc(-c3ccccc3[N+](=O)[O-])cc2)C1=O)c1ccccc1. The van der Waals surface area contributed by atoms with E-state index in [2.05, 4.69) is 5.32 Å². The van der Waals surface area contributed by atoms with E-state index in [1.54, 1.807) is 74.2 Å². The van der Waals surface area contributed by atoms with E-state index < -0.39 is 34.2 Å². The van der Waals surface area contributed by atoms with Gasteiger partial charge in [0.05, 0.1) is 22.6 Å². The second-order valence-electron chi connectivity index (χ2n) is 13.8. The van der Waals surface area contributed by atoms with Crippen molar-refractivity contribution < 1.29 is 24.4 Å². The number of carbonyl (C=O) groups excluding carboxylic acids is 2. The van der Waals surface area contributed by atoms with Gasteiger partial charge in [0.1, 0.15) is 5.60 Å². The van der Waals surface area contributed by atoms with Gasteiger partial charge in [0.25, 0.3) is 5.69 Å². The Hall–Kier alpha value is -5.64. The molecule has 2 N–H and O–H groups in total. The molecule has 1 aliphatic rings. The van der Waals surface area contributed by atoms with Crippen molar-refractivity contribution in [1.29, 1.82) is 0 Å². The summed E-state index contributed by atoms with van der Waals surface area (Å²) >= 11 is 0. The summed E-state index contributed by atoms with van der Waals surface area (Å²) in [5.74, 6) is -1.03. The minimum absolute atomic E-state index is 0.0216. The Bertz CT molecular complexity index is 2010. The Morgan fingerprint density at radius 2 is 1.45 bits per heavy atom. The molecule has 5 aromatic rings. The maximum atomic E-state index is 14.6. The van der Waals surface area contributed by atoms with Crippen molar-refractivity contribution in [3.05, 3.63) is 171 Å². The number of benzene rings is 5. The van der Waals surface area contributed by atoms with E-state index in [0.29, 0.717) is 35.2 Å². The maximum Gasteiger partial charge on any atom is 0.345 e. The molecule has 3 atom stereocenters. The van der Waals surface area contributed by atoms with E-state index in [1.807, 2.05) is 78.9 Å². The predicted octanol–water partition coefficient (Wildman–Crippen LogP) is 7.28. The Labute approximate surface area is 297 Å². The van der Waals surface area contributed by atoms with Crippen LogP contribution in [-0.4, -0.2) is 38.4 Å². The zero-order valence-corrected chi connectivity index (χ0v) is 28.9. The predicted molar refractivity (Wildman–Crippen MR) is 195 cm³/mol. The lowest BCUT2D eigenvalue weighted by Crippen LogP contribution is -2.55. The van der Waals surface area contributed by atoms with Crippen molar-refractivity contribution >= 4 is 17.6 Å². The number of hydrogen-bond donors (Lipinski definition) is 2. The summed E-state index contributed by atoms with van der Waals surface area (Å²) in [5.41, 5.74) is 1.89. The average Bonchev–Trinajstić information content (AvgIpc) is 3.26. The number of nitro groups is 1. The second-order valence-corrected chi connectivity index (χ2v) is 13.8. The third-order valence-electron chi connectivity index (χ3n) is 9.10. The summed E-state index contributed by atoms with van der Waals surface area (Å²) in [6, 6.07) is 37.8. The van der Waals surface area contributed by atoms with E-state index in [0.717, 1.165) is 16.7 Å². The van der Waals surface area contributed by atoms with Crippen LogP contribution in [0.4, 0.5) is 5.69 Å². The van der Waals surface area contributed by atoms with Gasteiger partial charge in [0.15, 0.2) is 0 Å². The Morgan fingerprint density at radius 3 is 2.10 bits per heavy atom. The van der Waals surface area contributed by atoms with Crippen molar-refractivity contribution in [3.63, 3.8) is 0 Å². The van der Waals surface area contributed by atoms with Crippen LogP contribution in [0, 0.1) is 10.1 Å². The van der Waals surface area contributed by atoms with Crippen LogP contribution in [0.3, 0.4) is 0 Å². The fourth-order valence-corrected chi connectivity index (χ4v) is 6.63. The summed E-state index contributed by atoms with van der Waals surface area (Å²) in [7, 11) is 0. The number of rotatable bonds is 10. The summed E-state index contributed by atoms with van der Waals surface area (Å²) in [6.45, 7) is 5.87. The first-order valence-corrected chi connectivity index (χ1v) is 16.9. The lowest BCUT2D eigenvalue weighted by atomic mass is 9.81. The van der Waals surface area contributed by atoms with Crippen LogP contribution in [-0.2, 0) is 39.4 Å². The molecule has 0 aliphatic carbocycles. The minimum atomic E-state index is -2.21. The van der Waals surface area contributed by atoms with Gasteiger partial charge < -0.3 is 14.7 Å². The van der Waals surface area contributed by atoms with Gasteiger partial charge in [0.2, 0.25) is 11.5 Å². The quantitative estimate of drug-likeness (QED) is 0.0902. The number of hydrogen-bond acceptors (Lipinski definition) is 7. The largest absolute Gasteiger partial charge is 0.458 e. The number of nitrogens with one attached hydrogen (secondary N) is 1. The molecule has 0 fully saturated rings. The molecule has 9 nitrogen and oxygen atoms in total. The van der Waals surface area contributed by atoms with E-state index >= 15 is 0 Å². The monoisotopic (exact) mass is 683 g/mol. The molecular formula is C42H41N3O6. The van der Waals surface area contributed by atoms with Gasteiger partial charge in [-0.1, -0.05) is 121 Å². The van der Waals surface area contributed by atoms with Gasteiger partial charge in [-0.3, -0.25) is 20.2 Å². The summed E-state index contributed by atoms with van der Waals surface area (Å²) in [6.07, 6.45) is 0.324. The molecule has 5 aromatic carbocycles. The molecule has 260 valence electrons. The molecule has 1 heterocycles. The van der Waals surface area contributed by atoms with E-state index in [-0.39, 0.29) is 18.1 Å². The van der Waals surface area contributed by atoms with Crippen LogP contribution in [0.5, 0.6) is 0 Å². The topological polar surface area (TPSA) is 122 Å². The first-order chi connectivity index (χ1) is 24.4. The molecule has 0 radical (unpaired) electrons. The molecule has 0 aromatic heterocycles. The lowest BCUT2D eigenvalue weighted by Gasteiger charge is -2.39. The van der Waals surface area contributed by atoms with Crippen molar-refractivity contribution in [2.24, 2.45) is 0 Å². The fraction of sp³-hybridized carbons (Fsp3) is 0.238. The number of nitrogens with zero attached hydrogens (tertiary/aromatic N) is 2. The summed E-state index contributed by atoms with van der Waals surface area (Å²) in [4.78, 5) is 41.8. The van der Waals surface area contributed by atoms with Crippen molar-refractivity contribution in [3.8, 4) is 11.1 Å². The van der Waals surface area contributed by atoms with Gasteiger partial charge in [-0.2, -0.15) is 0 Å². The van der Waals surface area contributed by atoms with Gasteiger partial charge in [0, 0.05) is 19.2 Å². The van der Waals surface area contributed by atoms with E-state index in [4.69, 9.17) is 4.74 Å². The number of carbonyl (C=O) groups is 2. The molecule has 9 heteroatoms. The van der Waals surface area contributed by atoms with Crippen LogP contribution >= 0.6 is 0 Å². The van der Waals surface area contributed by atoms with Gasteiger partial charge >= 0.3 is 5.97 Å². The lowest BCUT2D eigenvalue weighted by molar-refractivity contribution is -0.384. The number of esters is 1. The third-order valence-corrected chi connectivity index (χ3v) is 9.10. The smallest absolute Gasteiger partial charge is 0.345 e. The zero-order valence-electron chi connectivity index (χ0n) is 28.9. The number of fused-ring (bicyclic) bond motifs is 1. The molecule has 1 aliphatic heterocycles. The standard InChI is InChI=1S/C42H41N3O6/c1-41(2,3)51-40(47)42(48,34-18-8-5-9-19-34)38(31-14-6-4-7-15-31)43-36-26-32-16-10-11-17-33(32)28-44(39(36)46)27-29-22-24-30(25-23-29)35-20-12-13-21-37(35)45(49)50/h4-25,36,38,43,48H,26-28H2,1-3H3/t36-,38-,42+/m1/s1. The first kappa shape index (κ1) is 35.2. The van der Waals surface area contributed by atoms with Gasteiger partial charge in [-0.05, 0) is 66.6 Å². The van der Waals surface area contributed by atoms with Crippen molar-refractivity contribution in [2.45, 2.75) is 63.6 Å². The molecule has 51 heavy (non-hydrogen) atoms. The molecular weight excluding hydrogens is 642 g/mol. The van der Waals surface area contributed by atoms with Crippen molar-refractivity contribution in [2.75, 3.05) is 0 Å². The molecule has 1 amide bonds.